The topological polar surface area (TPSA) is 19.0 Å². The average molecular weight is 388 g/mol. The number of halogens is 2. The monoisotopic (exact) mass is 386 g/mol. The second kappa shape index (κ2) is 5.43. The highest BCUT2D eigenvalue weighted by Gasteiger charge is 2.21. The summed E-state index contributed by atoms with van der Waals surface area (Å²) in [6, 6.07) is 12.6. The second-order valence-corrected chi connectivity index (χ2v) is 7.41. The van der Waals surface area contributed by atoms with Crippen molar-refractivity contribution in [1.82, 2.24) is 4.98 Å². The molecule has 0 saturated heterocycles. The van der Waals surface area contributed by atoms with E-state index in [0.29, 0.717) is 0 Å². The van der Waals surface area contributed by atoms with E-state index in [1.807, 2.05) is 12.1 Å². The Morgan fingerprint density at radius 1 is 1.17 bits per heavy atom. The van der Waals surface area contributed by atoms with E-state index in [-0.39, 0.29) is 0 Å². The zero-order chi connectivity index (χ0) is 16.1. The number of anilines is 1. The highest BCUT2D eigenvalue weighted by atomic mass is 79.9. The molecule has 1 aliphatic rings. The van der Waals surface area contributed by atoms with Gasteiger partial charge in [-0.15, -0.1) is 0 Å². The molecule has 116 valence electrons. The number of rotatable bonds is 1. The molecule has 0 spiro atoms. The minimum Gasteiger partial charge on any atom is -0.356 e. The fourth-order valence-electron chi connectivity index (χ4n) is 3.23. The van der Waals surface area contributed by atoms with Gasteiger partial charge in [0.15, 0.2) is 0 Å². The molecule has 2 nitrogen and oxygen atoms in total. The summed E-state index contributed by atoms with van der Waals surface area (Å²) < 4.78 is 0.999. The van der Waals surface area contributed by atoms with Gasteiger partial charge in [-0.3, -0.25) is 0 Å². The molecule has 0 fully saturated rings. The normalized spacial score (nSPS) is 14.1. The number of hydrogen-bond donors (Lipinski definition) is 1. The lowest BCUT2D eigenvalue weighted by Gasteiger charge is -2.26. The van der Waals surface area contributed by atoms with Crippen molar-refractivity contribution in [3.8, 4) is 0 Å². The first-order valence-corrected chi connectivity index (χ1v) is 8.69. The van der Waals surface area contributed by atoms with Gasteiger partial charge in [0.05, 0.1) is 0 Å². The van der Waals surface area contributed by atoms with Crippen LogP contribution in [0.3, 0.4) is 0 Å². The SMILES string of the molecule is Cc1ccc2[nH]c3c(c2c1)C=C(c1ccc(Br)cc1Cl)CN3C. The van der Waals surface area contributed by atoms with Gasteiger partial charge in [0, 0.05) is 39.6 Å². The van der Waals surface area contributed by atoms with Gasteiger partial charge in [-0.1, -0.05) is 45.2 Å². The van der Waals surface area contributed by atoms with Gasteiger partial charge in [-0.25, -0.2) is 0 Å². The Hall–Kier alpha value is -1.71. The Balaban J connectivity index is 1.93. The summed E-state index contributed by atoms with van der Waals surface area (Å²) in [7, 11) is 2.11. The first-order valence-electron chi connectivity index (χ1n) is 7.52. The Labute approximate surface area is 148 Å². The summed E-state index contributed by atoms with van der Waals surface area (Å²) in [6.45, 7) is 2.96. The standard InChI is InChI=1S/C19H16BrClN2/c1-11-3-6-18-15(7-11)16-8-12(10-23(2)19(16)22-18)14-5-4-13(20)9-17(14)21/h3-9,22H,10H2,1-2H3. The number of fused-ring (bicyclic) bond motifs is 3. The van der Waals surface area contributed by atoms with Gasteiger partial charge in [0.1, 0.15) is 5.82 Å². The quantitative estimate of drug-likeness (QED) is 0.552. The lowest BCUT2D eigenvalue weighted by atomic mass is 9.98. The van der Waals surface area contributed by atoms with Gasteiger partial charge in [-0.2, -0.15) is 0 Å². The van der Waals surface area contributed by atoms with Gasteiger partial charge < -0.3 is 9.88 Å². The number of likely N-dealkylation sites (N-methyl/N-ethyl adjacent to an activating group) is 1. The van der Waals surface area contributed by atoms with Crippen LogP contribution in [0.15, 0.2) is 40.9 Å². The molecule has 0 aliphatic carbocycles. The van der Waals surface area contributed by atoms with Gasteiger partial charge in [0.2, 0.25) is 0 Å². The Bertz CT molecular complexity index is 955. The van der Waals surface area contributed by atoms with E-state index in [1.165, 1.54) is 33.4 Å². The van der Waals surface area contributed by atoms with Crippen LogP contribution in [0.5, 0.6) is 0 Å². The predicted octanol–water partition coefficient (Wildman–Crippen LogP) is 5.88. The van der Waals surface area contributed by atoms with Crippen molar-refractivity contribution in [3.05, 3.63) is 62.6 Å². The van der Waals surface area contributed by atoms with Crippen molar-refractivity contribution >= 4 is 55.9 Å². The third kappa shape index (κ3) is 2.48. The fraction of sp³-hybridized carbons (Fsp3) is 0.158. The molecule has 4 heteroatoms. The van der Waals surface area contributed by atoms with Crippen LogP contribution in [0, 0.1) is 6.92 Å². The first kappa shape index (κ1) is 14.9. The van der Waals surface area contributed by atoms with Crippen molar-refractivity contribution in [3.63, 3.8) is 0 Å². The molecule has 4 rings (SSSR count). The molecule has 1 N–H and O–H groups in total. The van der Waals surface area contributed by atoms with E-state index in [9.17, 15) is 0 Å². The van der Waals surface area contributed by atoms with Crippen LogP contribution in [0.4, 0.5) is 5.82 Å². The number of nitrogens with one attached hydrogen (secondary N) is 1. The summed E-state index contributed by atoms with van der Waals surface area (Å²) in [6.07, 6.45) is 2.27. The number of aromatic nitrogens is 1. The maximum atomic E-state index is 6.46. The molecule has 0 unspecified atom stereocenters. The van der Waals surface area contributed by atoms with Crippen molar-refractivity contribution in [2.24, 2.45) is 0 Å². The molecule has 2 aromatic carbocycles. The van der Waals surface area contributed by atoms with Crippen LogP contribution < -0.4 is 4.90 Å². The molecule has 2 heterocycles. The summed E-state index contributed by atoms with van der Waals surface area (Å²) in [5, 5.41) is 2.04. The molecule has 1 aliphatic heterocycles. The molecule has 1 aromatic heterocycles. The van der Waals surface area contributed by atoms with Crippen LogP contribution in [-0.4, -0.2) is 18.6 Å². The van der Waals surface area contributed by atoms with E-state index >= 15 is 0 Å². The van der Waals surface area contributed by atoms with Gasteiger partial charge >= 0.3 is 0 Å². The molecular formula is C19H16BrClN2. The number of benzene rings is 2. The highest BCUT2D eigenvalue weighted by Crippen LogP contribution is 2.38. The maximum Gasteiger partial charge on any atom is 0.114 e. The van der Waals surface area contributed by atoms with Crippen LogP contribution in [0.1, 0.15) is 16.7 Å². The third-order valence-electron chi connectivity index (χ3n) is 4.36. The second-order valence-electron chi connectivity index (χ2n) is 6.09. The maximum absolute atomic E-state index is 6.46. The van der Waals surface area contributed by atoms with Crippen molar-refractivity contribution < 1.29 is 0 Å². The highest BCUT2D eigenvalue weighted by molar-refractivity contribution is 9.10. The Morgan fingerprint density at radius 2 is 2.00 bits per heavy atom. The fourth-order valence-corrected chi connectivity index (χ4v) is 4.02. The molecule has 23 heavy (non-hydrogen) atoms. The molecule has 0 radical (unpaired) electrons. The summed E-state index contributed by atoms with van der Waals surface area (Å²) in [5.74, 6) is 1.17. The summed E-state index contributed by atoms with van der Waals surface area (Å²) in [4.78, 5) is 5.78. The van der Waals surface area contributed by atoms with Gasteiger partial charge in [0.25, 0.3) is 0 Å². The van der Waals surface area contributed by atoms with Crippen LogP contribution in [0.25, 0.3) is 22.6 Å². The molecule has 0 amide bonds. The Morgan fingerprint density at radius 3 is 2.78 bits per heavy atom. The lowest BCUT2D eigenvalue weighted by molar-refractivity contribution is 1.01. The van der Waals surface area contributed by atoms with Gasteiger partial charge in [-0.05, 0) is 48.4 Å². The van der Waals surface area contributed by atoms with Crippen molar-refractivity contribution in [2.75, 3.05) is 18.5 Å². The van der Waals surface area contributed by atoms with Crippen molar-refractivity contribution in [1.29, 1.82) is 0 Å². The number of H-pyrrole nitrogens is 1. The number of aryl methyl sites for hydroxylation is 1. The predicted molar refractivity (Wildman–Crippen MR) is 103 cm³/mol. The van der Waals surface area contributed by atoms with E-state index in [4.69, 9.17) is 11.6 Å². The zero-order valence-corrected chi connectivity index (χ0v) is 15.3. The van der Waals surface area contributed by atoms with E-state index in [2.05, 4.69) is 70.1 Å². The van der Waals surface area contributed by atoms with Crippen LogP contribution in [-0.2, 0) is 0 Å². The van der Waals surface area contributed by atoms with E-state index < -0.39 is 0 Å². The van der Waals surface area contributed by atoms with E-state index in [0.717, 1.165) is 21.6 Å². The summed E-state index contributed by atoms with van der Waals surface area (Å²) in [5.41, 5.74) is 6.01. The molecule has 0 saturated carbocycles. The lowest BCUT2D eigenvalue weighted by Crippen LogP contribution is -2.23. The van der Waals surface area contributed by atoms with Crippen LogP contribution >= 0.6 is 27.5 Å². The first-order chi connectivity index (χ1) is 11.0. The number of nitrogens with zero attached hydrogens (tertiary/aromatic N) is 1. The Kier molecular flexibility index (Phi) is 3.51. The molecular weight excluding hydrogens is 372 g/mol. The number of hydrogen-bond acceptors (Lipinski definition) is 1. The van der Waals surface area contributed by atoms with E-state index in [1.54, 1.807) is 0 Å². The minimum absolute atomic E-state index is 0.776. The van der Waals surface area contributed by atoms with Crippen LogP contribution in [0.2, 0.25) is 5.02 Å². The number of aromatic amines is 1. The molecule has 3 aromatic rings. The molecule has 0 atom stereocenters. The minimum atomic E-state index is 0.776. The smallest absolute Gasteiger partial charge is 0.114 e. The largest absolute Gasteiger partial charge is 0.356 e. The average Bonchev–Trinajstić information content (AvgIpc) is 2.86. The van der Waals surface area contributed by atoms with Crippen molar-refractivity contribution in [2.45, 2.75) is 6.92 Å². The zero-order valence-electron chi connectivity index (χ0n) is 13.0. The summed E-state index contributed by atoms with van der Waals surface area (Å²) >= 11 is 9.93. The molecule has 0 bridgehead atoms. The third-order valence-corrected chi connectivity index (χ3v) is 5.16.